The van der Waals surface area contributed by atoms with E-state index >= 15 is 0 Å². The highest BCUT2D eigenvalue weighted by Crippen LogP contribution is 2.25. The zero-order chi connectivity index (χ0) is 13.0. The van der Waals surface area contributed by atoms with Gasteiger partial charge in [-0.15, -0.1) is 0 Å². The van der Waals surface area contributed by atoms with Gasteiger partial charge in [-0.1, -0.05) is 6.42 Å². The molecule has 4 nitrogen and oxygen atoms in total. The van der Waals surface area contributed by atoms with Crippen LogP contribution in [0.5, 0.6) is 0 Å². The summed E-state index contributed by atoms with van der Waals surface area (Å²) in [4.78, 5) is 15.7. The summed E-state index contributed by atoms with van der Waals surface area (Å²) >= 11 is 0. The van der Waals surface area contributed by atoms with Gasteiger partial charge in [-0.3, -0.25) is 9.69 Å². The number of carbonyl (C=O) groups excluding carboxylic acids is 1. The van der Waals surface area contributed by atoms with Gasteiger partial charge in [0.05, 0.1) is 12.6 Å². The monoisotopic (exact) mass is 242 g/mol. The lowest BCUT2D eigenvalue weighted by molar-refractivity contribution is -0.132. The molecule has 17 heavy (non-hydrogen) atoms. The first kappa shape index (κ1) is 14.5. The summed E-state index contributed by atoms with van der Waals surface area (Å²) < 4.78 is 0. The van der Waals surface area contributed by atoms with Crippen LogP contribution in [0.15, 0.2) is 0 Å². The predicted molar refractivity (Wildman–Crippen MR) is 68.8 cm³/mol. The van der Waals surface area contributed by atoms with Crippen LogP contribution in [-0.2, 0) is 4.79 Å². The summed E-state index contributed by atoms with van der Waals surface area (Å²) in [6.45, 7) is 5.29. The van der Waals surface area contributed by atoms with E-state index in [4.69, 9.17) is 0 Å². The molecule has 1 N–H and O–H groups in total. The van der Waals surface area contributed by atoms with Gasteiger partial charge in [-0.25, -0.2) is 0 Å². The average Bonchev–Trinajstić information content (AvgIpc) is 2.62. The molecule has 0 heterocycles. The largest absolute Gasteiger partial charge is 0.393 e. The molecule has 1 rings (SSSR count). The zero-order valence-corrected chi connectivity index (χ0v) is 11.5. The van der Waals surface area contributed by atoms with Gasteiger partial charge in [0.25, 0.3) is 0 Å². The molecule has 0 radical (unpaired) electrons. The fourth-order valence-electron chi connectivity index (χ4n) is 2.33. The van der Waals surface area contributed by atoms with E-state index < -0.39 is 0 Å². The molecule has 0 aromatic rings. The molecule has 0 aromatic carbocycles. The molecule has 1 aliphatic carbocycles. The first-order chi connectivity index (χ1) is 7.91. The molecular formula is C13H26N2O2. The second-order valence-corrected chi connectivity index (χ2v) is 5.55. The minimum absolute atomic E-state index is 0.148. The van der Waals surface area contributed by atoms with Crippen LogP contribution in [0.4, 0.5) is 0 Å². The van der Waals surface area contributed by atoms with Gasteiger partial charge in [0.1, 0.15) is 0 Å². The molecule has 0 aliphatic heterocycles. The average molecular weight is 242 g/mol. The van der Waals surface area contributed by atoms with Crippen LogP contribution in [0.25, 0.3) is 0 Å². The minimum Gasteiger partial charge on any atom is -0.393 e. The number of aliphatic hydroxyl groups is 1. The number of hydrogen-bond donors (Lipinski definition) is 1. The quantitative estimate of drug-likeness (QED) is 0.780. The Kier molecular flexibility index (Phi) is 5.40. The van der Waals surface area contributed by atoms with Gasteiger partial charge in [0, 0.05) is 19.6 Å². The second kappa shape index (κ2) is 6.36. The number of likely N-dealkylation sites (N-methyl/N-ethyl adjacent to an activating group) is 2. The molecule has 0 spiro atoms. The minimum atomic E-state index is -0.171. The van der Waals surface area contributed by atoms with E-state index in [1.54, 1.807) is 4.90 Å². The summed E-state index contributed by atoms with van der Waals surface area (Å²) in [5.74, 6) is 0.493. The van der Waals surface area contributed by atoms with E-state index in [1.807, 2.05) is 32.8 Å². The summed E-state index contributed by atoms with van der Waals surface area (Å²) in [7, 11) is 3.79. The lowest BCUT2D eigenvalue weighted by Gasteiger charge is -2.27. The summed E-state index contributed by atoms with van der Waals surface area (Å²) in [6, 6.07) is 0.243. The van der Waals surface area contributed by atoms with Crippen molar-refractivity contribution in [3.05, 3.63) is 0 Å². The number of carbonyl (C=O) groups is 1. The van der Waals surface area contributed by atoms with Crippen molar-refractivity contribution >= 4 is 5.91 Å². The standard InChI is InChI=1S/C13H26N2O2/c1-10(2)15(4)13(17)9-14(3)8-11-6-5-7-12(11)16/h10-12,16H,5-9H2,1-4H3. The zero-order valence-electron chi connectivity index (χ0n) is 11.5. The van der Waals surface area contributed by atoms with E-state index in [1.165, 1.54) is 0 Å². The van der Waals surface area contributed by atoms with Crippen LogP contribution in [0, 0.1) is 5.92 Å². The Bertz CT molecular complexity index is 256. The fraction of sp³-hybridized carbons (Fsp3) is 0.923. The van der Waals surface area contributed by atoms with Gasteiger partial charge in [0.15, 0.2) is 0 Å². The number of amides is 1. The van der Waals surface area contributed by atoms with Gasteiger partial charge >= 0.3 is 0 Å². The topological polar surface area (TPSA) is 43.8 Å². The maximum absolute atomic E-state index is 11.9. The van der Waals surface area contributed by atoms with E-state index in [9.17, 15) is 9.90 Å². The molecule has 1 saturated carbocycles. The maximum atomic E-state index is 11.9. The van der Waals surface area contributed by atoms with Gasteiger partial charge < -0.3 is 10.0 Å². The molecule has 100 valence electrons. The van der Waals surface area contributed by atoms with E-state index in [-0.39, 0.29) is 18.1 Å². The third-order valence-corrected chi connectivity index (χ3v) is 3.74. The molecule has 2 atom stereocenters. The maximum Gasteiger partial charge on any atom is 0.236 e. The van der Waals surface area contributed by atoms with Crippen LogP contribution in [0.1, 0.15) is 33.1 Å². The lowest BCUT2D eigenvalue weighted by Crippen LogP contribution is -2.42. The third kappa shape index (κ3) is 4.28. The Morgan fingerprint density at radius 1 is 1.35 bits per heavy atom. The highest BCUT2D eigenvalue weighted by molar-refractivity contribution is 5.78. The molecule has 1 amide bonds. The van der Waals surface area contributed by atoms with Crippen LogP contribution in [-0.4, -0.2) is 60.1 Å². The van der Waals surface area contributed by atoms with Gasteiger partial charge in [-0.2, -0.15) is 0 Å². The van der Waals surface area contributed by atoms with Gasteiger partial charge in [0.2, 0.25) is 5.91 Å². The van der Waals surface area contributed by atoms with Crippen LogP contribution in [0.3, 0.4) is 0 Å². The molecular weight excluding hydrogens is 216 g/mol. The Morgan fingerprint density at radius 2 is 2.00 bits per heavy atom. The first-order valence-electron chi connectivity index (χ1n) is 6.54. The Balaban J connectivity index is 2.33. The van der Waals surface area contributed by atoms with Crippen molar-refractivity contribution in [1.29, 1.82) is 0 Å². The highest BCUT2D eigenvalue weighted by atomic mass is 16.3. The first-order valence-corrected chi connectivity index (χ1v) is 6.54. The predicted octanol–water partition coefficient (Wildman–Crippen LogP) is 0.946. The molecule has 2 unspecified atom stereocenters. The van der Waals surface area contributed by atoms with Crippen molar-refractivity contribution in [1.82, 2.24) is 9.80 Å². The van der Waals surface area contributed by atoms with Gasteiger partial charge in [-0.05, 0) is 39.7 Å². The van der Waals surface area contributed by atoms with Crippen molar-refractivity contribution in [3.63, 3.8) is 0 Å². The van der Waals surface area contributed by atoms with Crippen molar-refractivity contribution in [2.75, 3.05) is 27.2 Å². The Hall–Kier alpha value is -0.610. The SMILES string of the molecule is CC(C)N(C)C(=O)CN(C)CC1CCCC1O. The summed E-state index contributed by atoms with van der Waals surface area (Å²) in [5, 5.41) is 9.75. The molecule has 0 aromatic heterocycles. The number of hydrogen-bond acceptors (Lipinski definition) is 3. The third-order valence-electron chi connectivity index (χ3n) is 3.74. The second-order valence-electron chi connectivity index (χ2n) is 5.55. The molecule has 0 saturated heterocycles. The van der Waals surface area contributed by atoms with Crippen LogP contribution < -0.4 is 0 Å². The Morgan fingerprint density at radius 3 is 2.47 bits per heavy atom. The molecule has 1 aliphatic rings. The van der Waals surface area contributed by atoms with Crippen molar-refractivity contribution in [2.45, 2.75) is 45.3 Å². The number of nitrogens with zero attached hydrogens (tertiary/aromatic N) is 2. The van der Waals surface area contributed by atoms with Crippen LogP contribution >= 0.6 is 0 Å². The molecule has 1 fully saturated rings. The van der Waals surface area contributed by atoms with Crippen LogP contribution in [0.2, 0.25) is 0 Å². The van der Waals surface area contributed by atoms with Crippen molar-refractivity contribution < 1.29 is 9.90 Å². The summed E-state index contributed by atoms with van der Waals surface area (Å²) in [6.07, 6.45) is 2.94. The number of rotatable bonds is 5. The lowest BCUT2D eigenvalue weighted by atomic mass is 10.1. The summed E-state index contributed by atoms with van der Waals surface area (Å²) in [5.41, 5.74) is 0. The smallest absolute Gasteiger partial charge is 0.236 e. The van der Waals surface area contributed by atoms with E-state index in [0.717, 1.165) is 25.8 Å². The molecule has 4 heteroatoms. The number of aliphatic hydroxyl groups excluding tert-OH is 1. The van der Waals surface area contributed by atoms with Crippen molar-refractivity contribution in [2.24, 2.45) is 5.92 Å². The van der Waals surface area contributed by atoms with E-state index in [0.29, 0.717) is 12.5 Å². The van der Waals surface area contributed by atoms with E-state index in [2.05, 4.69) is 0 Å². The highest BCUT2D eigenvalue weighted by Gasteiger charge is 2.26. The molecule has 0 bridgehead atoms. The fourth-order valence-corrected chi connectivity index (χ4v) is 2.33. The normalized spacial score (nSPS) is 24.6. The van der Waals surface area contributed by atoms with Crippen molar-refractivity contribution in [3.8, 4) is 0 Å². The Labute approximate surface area is 105 Å².